The first-order chi connectivity index (χ1) is 15.3. The first-order valence-corrected chi connectivity index (χ1v) is 10.0. The van der Waals surface area contributed by atoms with Crippen LogP contribution in [-0.4, -0.2) is 47.1 Å². The molecule has 1 aliphatic heterocycles. The molecule has 1 aromatic heterocycles. The van der Waals surface area contributed by atoms with E-state index in [1.165, 1.54) is 50.6 Å². The summed E-state index contributed by atoms with van der Waals surface area (Å²) in [6.07, 6.45) is -5.32. The fraction of sp³-hybridized carbons (Fsp3) is 0.409. The molecule has 1 fully saturated rings. The van der Waals surface area contributed by atoms with E-state index in [2.05, 4.69) is 5.32 Å². The van der Waals surface area contributed by atoms with Gasteiger partial charge in [-0.15, -0.1) is 0 Å². The molecule has 2 amide bonds. The maximum atomic E-state index is 13.5. The van der Waals surface area contributed by atoms with Crippen LogP contribution in [0.4, 0.5) is 23.2 Å². The number of amides is 2. The maximum Gasteiger partial charge on any atom is 0.413 e. The molecule has 0 bridgehead atoms. The zero-order valence-electron chi connectivity index (χ0n) is 18.4. The standard InChI is InChI=1S/C22H23F4N3O4/c1-11-9-14(5-6-15(11)23)27-19(31)16-12(2)17(29(4)13(16)3)18(30)20(32)28-21(22(24,25)26)7-8-33-10-21/h5-6,9H,7-8,10H2,1-4H3,(H,27,31)(H,28,32). The van der Waals surface area contributed by atoms with Crippen molar-refractivity contribution in [3.05, 3.63) is 52.1 Å². The van der Waals surface area contributed by atoms with Crippen molar-refractivity contribution in [1.29, 1.82) is 0 Å². The highest BCUT2D eigenvalue weighted by Crippen LogP contribution is 2.37. The van der Waals surface area contributed by atoms with Gasteiger partial charge in [0.2, 0.25) is 0 Å². The van der Waals surface area contributed by atoms with E-state index in [9.17, 15) is 31.9 Å². The highest BCUT2D eigenvalue weighted by Gasteiger charge is 2.58. The van der Waals surface area contributed by atoms with Crippen LogP contribution in [0.3, 0.4) is 0 Å². The molecule has 33 heavy (non-hydrogen) atoms. The maximum absolute atomic E-state index is 13.5. The summed E-state index contributed by atoms with van der Waals surface area (Å²) in [7, 11) is 1.43. The summed E-state index contributed by atoms with van der Waals surface area (Å²) in [5.74, 6) is -3.70. The second-order valence-electron chi connectivity index (χ2n) is 8.08. The van der Waals surface area contributed by atoms with Gasteiger partial charge in [-0.05, 0) is 50.1 Å². The summed E-state index contributed by atoms with van der Waals surface area (Å²) in [4.78, 5) is 38.3. The van der Waals surface area contributed by atoms with E-state index >= 15 is 0 Å². The molecule has 3 rings (SSSR count). The molecule has 7 nitrogen and oxygen atoms in total. The predicted octanol–water partition coefficient (Wildman–Crippen LogP) is 3.36. The van der Waals surface area contributed by atoms with E-state index in [4.69, 9.17) is 4.74 Å². The Morgan fingerprint density at radius 1 is 1.15 bits per heavy atom. The topological polar surface area (TPSA) is 89.4 Å². The molecule has 2 aromatic rings. The monoisotopic (exact) mass is 469 g/mol. The molecule has 1 saturated heterocycles. The number of ether oxygens (including phenoxy) is 1. The van der Waals surface area contributed by atoms with Crippen molar-refractivity contribution >= 4 is 23.3 Å². The number of benzene rings is 1. The number of ketones is 1. The molecule has 178 valence electrons. The van der Waals surface area contributed by atoms with Crippen LogP contribution in [0.1, 0.15) is 44.1 Å². The normalized spacial score (nSPS) is 18.3. The number of aromatic nitrogens is 1. The van der Waals surface area contributed by atoms with Crippen molar-refractivity contribution in [1.82, 2.24) is 9.88 Å². The van der Waals surface area contributed by atoms with E-state index in [0.29, 0.717) is 16.9 Å². The smallest absolute Gasteiger partial charge is 0.379 e. The highest BCUT2D eigenvalue weighted by molar-refractivity contribution is 6.43. The van der Waals surface area contributed by atoms with Gasteiger partial charge in [0, 0.05) is 31.5 Å². The lowest BCUT2D eigenvalue weighted by Crippen LogP contribution is -2.60. The first-order valence-electron chi connectivity index (χ1n) is 10.0. The van der Waals surface area contributed by atoms with Crippen molar-refractivity contribution in [2.24, 2.45) is 7.05 Å². The third-order valence-electron chi connectivity index (χ3n) is 5.91. The summed E-state index contributed by atoms with van der Waals surface area (Å²) >= 11 is 0. The third kappa shape index (κ3) is 4.37. The molecule has 1 atom stereocenters. The Morgan fingerprint density at radius 3 is 2.36 bits per heavy atom. The summed E-state index contributed by atoms with van der Waals surface area (Å²) < 4.78 is 60.2. The van der Waals surface area contributed by atoms with Gasteiger partial charge in [0.25, 0.3) is 17.6 Å². The predicted molar refractivity (Wildman–Crippen MR) is 111 cm³/mol. The van der Waals surface area contributed by atoms with Crippen LogP contribution >= 0.6 is 0 Å². The van der Waals surface area contributed by atoms with Gasteiger partial charge in [-0.2, -0.15) is 13.2 Å². The van der Waals surface area contributed by atoms with Crippen LogP contribution in [0.5, 0.6) is 0 Å². The number of hydrogen-bond acceptors (Lipinski definition) is 4. The number of Topliss-reactive ketones (excluding diaryl/α,β-unsaturated/α-hetero) is 1. The largest absolute Gasteiger partial charge is 0.413 e. The van der Waals surface area contributed by atoms with Crippen LogP contribution in [0.15, 0.2) is 18.2 Å². The molecule has 2 N–H and O–H groups in total. The second kappa shape index (κ2) is 8.62. The molecule has 0 spiro atoms. The number of carbonyl (C=O) groups excluding carboxylic acids is 3. The Balaban J connectivity index is 1.89. The average Bonchev–Trinajstić information content (AvgIpc) is 3.28. The third-order valence-corrected chi connectivity index (χ3v) is 5.91. The number of aryl methyl sites for hydroxylation is 1. The minimum atomic E-state index is -4.81. The van der Waals surface area contributed by atoms with Crippen molar-refractivity contribution in [2.45, 2.75) is 38.9 Å². The van der Waals surface area contributed by atoms with E-state index in [1.54, 1.807) is 5.32 Å². The number of alkyl halides is 3. The van der Waals surface area contributed by atoms with Gasteiger partial charge in [0.1, 0.15) is 5.82 Å². The lowest BCUT2D eigenvalue weighted by atomic mass is 9.97. The van der Waals surface area contributed by atoms with Crippen molar-refractivity contribution in [3.8, 4) is 0 Å². The number of halogens is 4. The number of nitrogens with zero attached hydrogens (tertiary/aromatic N) is 1. The Hall–Kier alpha value is -3.21. The molecule has 0 aliphatic carbocycles. The van der Waals surface area contributed by atoms with Gasteiger partial charge in [0.15, 0.2) is 5.54 Å². The quantitative estimate of drug-likeness (QED) is 0.399. The first kappa shape index (κ1) is 24.4. The Kier molecular flexibility index (Phi) is 6.38. The second-order valence-corrected chi connectivity index (χ2v) is 8.08. The number of carbonyl (C=O) groups is 3. The summed E-state index contributed by atoms with van der Waals surface area (Å²) in [5, 5.41) is 4.41. The van der Waals surface area contributed by atoms with E-state index < -0.39 is 48.2 Å². The SMILES string of the molecule is Cc1cc(NC(=O)c2c(C)c(C(=O)C(=O)NC3(C(F)(F)F)CCOC3)n(C)c2C)ccc1F. The number of rotatable bonds is 5. The van der Waals surface area contributed by atoms with Crippen molar-refractivity contribution < 1.29 is 36.7 Å². The molecule has 1 unspecified atom stereocenters. The van der Waals surface area contributed by atoms with Crippen LogP contribution in [0, 0.1) is 26.6 Å². The van der Waals surface area contributed by atoms with E-state index in [1.807, 2.05) is 0 Å². The Bertz CT molecular complexity index is 1130. The molecule has 2 heterocycles. The average molecular weight is 469 g/mol. The van der Waals surface area contributed by atoms with Crippen molar-refractivity contribution in [2.75, 3.05) is 18.5 Å². The van der Waals surface area contributed by atoms with Crippen LogP contribution in [0.2, 0.25) is 0 Å². The summed E-state index contributed by atoms with van der Waals surface area (Å²) in [6, 6.07) is 3.99. The molecular formula is C22H23F4N3O4. The lowest BCUT2D eigenvalue weighted by Gasteiger charge is -2.30. The lowest BCUT2D eigenvalue weighted by molar-refractivity contribution is -0.196. The molecule has 0 radical (unpaired) electrons. The van der Waals surface area contributed by atoms with Gasteiger partial charge in [-0.3, -0.25) is 14.4 Å². The fourth-order valence-electron chi connectivity index (χ4n) is 3.89. The molecule has 11 heteroatoms. The number of hydrogen-bond donors (Lipinski definition) is 2. The zero-order chi connectivity index (χ0) is 24.7. The van der Waals surface area contributed by atoms with Crippen molar-refractivity contribution in [3.63, 3.8) is 0 Å². The van der Waals surface area contributed by atoms with Crippen LogP contribution in [-0.2, 0) is 16.6 Å². The molecular weight excluding hydrogens is 446 g/mol. The minimum Gasteiger partial charge on any atom is -0.379 e. The van der Waals surface area contributed by atoms with E-state index in [-0.39, 0.29) is 23.4 Å². The van der Waals surface area contributed by atoms with E-state index in [0.717, 1.165) is 0 Å². The van der Waals surface area contributed by atoms with Gasteiger partial charge >= 0.3 is 6.18 Å². The molecule has 1 aromatic carbocycles. The van der Waals surface area contributed by atoms with Gasteiger partial charge < -0.3 is 19.9 Å². The number of anilines is 1. The van der Waals surface area contributed by atoms with Gasteiger partial charge in [-0.25, -0.2) is 4.39 Å². The van der Waals surface area contributed by atoms with Crippen LogP contribution in [0.25, 0.3) is 0 Å². The van der Waals surface area contributed by atoms with Gasteiger partial charge in [0.05, 0.1) is 17.9 Å². The molecule has 0 saturated carbocycles. The Morgan fingerprint density at radius 2 is 1.82 bits per heavy atom. The fourth-order valence-corrected chi connectivity index (χ4v) is 3.89. The Labute approximate surface area is 187 Å². The van der Waals surface area contributed by atoms with Crippen LogP contribution < -0.4 is 10.6 Å². The van der Waals surface area contributed by atoms with Gasteiger partial charge in [-0.1, -0.05) is 0 Å². The molecule has 1 aliphatic rings. The highest BCUT2D eigenvalue weighted by atomic mass is 19.4. The summed E-state index contributed by atoms with van der Waals surface area (Å²) in [5.41, 5.74) is -1.66. The number of nitrogens with one attached hydrogen (secondary N) is 2. The minimum absolute atomic E-state index is 0.0883. The zero-order valence-corrected chi connectivity index (χ0v) is 18.4. The summed E-state index contributed by atoms with van der Waals surface area (Å²) in [6.45, 7) is 3.50.